The highest BCUT2D eigenvalue weighted by atomic mass is 16.5. The van der Waals surface area contributed by atoms with Crippen molar-refractivity contribution in [1.29, 1.82) is 0 Å². The average Bonchev–Trinajstić information content (AvgIpc) is 2.33. The van der Waals surface area contributed by atoms with Crippen molar-refractivity contribution in [2.75, 3.05) is 7.11 Å². The van der Waals surface area contributed by atoms with Gasteiger partial charge in [0.2, 0.25) is 0 Å². The van der Waals surface area contributed by atoms with Crippen LogP contribution in [0, 0.1) is 6.92 Å². The molecule has 0 fully saturated rings. The smallest absolute Gasteiger partial charge is 0.126 e. The Kier molecular flexibility index (Phi) is 2.82. The van der Waals surface area contributed by atoms with Gasteiger partial charge in [-0.1, -0.05) is 30.3 Å². The van der Waals surface area contributed by atoms with Gasteiger partial charge in [-0.3, -0.25) is 0 Å². The Balaban J connectivity index is 2.55. The molecule has 16 heavy (non-hydrogen) atoms. The summed E-state index contributed by atoms with van der Waals surface area (Å²) in [6.45, 7) is 1.84. The van der Waals surface area contributed by atoms with Crippen molar-refractivity contribution >= 4 is 0 Å². The van der Waals surface area contributed by atoms with Gasteiger partial charge in [0.15, 0.2) is 0 Å². The third kappa shape index (κ3) is 1.87. The fraction of sp³-hybridized carbons (Fsp3) is 0.143. The lowest BCUT2D eigenvalue weighted by molar-refractivity contribution is 0.403. The molecule has 0 saturated heterocycles. The van der Waals surface area contributed by atoms with Gasteiger partial charge in [-0.15, -0.1) is 0 Å². The predicted molar refractivity (Wildman–Crippen MR) is 64.8 cm³/mol. The van der Waals surface area contributed by atoms with Gasteiger partial charge in [0.05, 0.1) is 7.11 Å². The number of benzene rings is 2. The summed E-state index contributed by atoms with van der Waals surface area (Å²) < 4.78 is 5.23. The molecule has 2 rings (SSSR count). The Morgan fingerprint density at radius 3 is 2.31 bits per heavy atom. The van der Waals surface area contributed by atoms with Crippen molar-refractivity contribution in [3.63, 3.8) is 0 Å². The van der Waals surface area contributed by atoms with Gasteiger partial charge in [-0.2, -0.15) is 0 Å². The quantitative estimate of drug-likeness (QED) is 0.830. The van der Waals surface area contributed by atoms with E-state index in [1.54, 1.807) is 13.2 Å². The minimum absolute atomic E-state index is 0.262. The highest BCUT2D eigenvalue weighted by Crippen LogP contribution is 2.33. The fourth-order valence-corrected chi connectivity index (χ4v) is 1.68. The van der Waals surface area contributed by atoms with Crippen LogP contribution in [-0.4, -0.2) is 12.2 Å². The molecule has 0 aromatic heterocycles. The number of aromatic hydroxyl groups is 1. The van der Waals surface area contributed by atoms with Crippen LogP contribution in [0.4, 0.5) is 0 Å². The third-order valence-electron chi connectivity index (χ3n) is 2.66. The zero-order valence-electron chi connectivity index (χ0n) is 9.40. The second-order valence-corrected chi connectivity index (χ2v) is 3.69. The predicted octanol–water partition coefficient (Wildman–Crippen LogP) is 3.38. The number of ether oxygens (including phenoxy) is 1. The molecule has 0 saturated carbocycles. The topological polar surface area (TPSA) is 29.5 Å². The van der Waals surface area contributed by atoms with E-state index in [1.807, 2.05) is 43.3 Å². The van der Waals surface area contributed by atoms with Crippen LogP contribution in [0.2, 0.25) is 0 Å². The zero-order valence-corrected chi connectivity index (χ0v) is 9.40. The van der Waals surface area contributed by atoms with Gasteiger partial charge in [-0.25, -0.2) is 0 Å². The molecule has 0 aliphatic heterocycles. The first-order valence-electron chi connectivity index (χ1n) is 5.15. The first kappa shape index (κ1) is 10.6. The normalized spacial score (nSPS) is 10.1. The largest absolute Gasteiger partial charge is 0.508 e. The van der Waals surface area contributed by atoms with Crippen LogP contribution in [0.25, 0.3) is 11.1 Å². The van der Waals surface area contributed by atoms with Gasteiger partial charge < -0.3 is 9.84 Å². The zero-order chi connectivity index (χ0) is 11.5. The Labute approximate surface area is 95.1 Å². The lowest BCUT2D eigenvalue weighted by atomic mass is 10.0. The molecule has 2 heteroatoms. The first-order valence-corrected chi connectivity index (χ1v) is 5.15. The Morgan fingerprint density at radius 1 is 1.00 bits per heavy atom. The van der Waals surface area contributed by atoms with Gasteiger partial charge in [-0.05, 0) is 30.2 Å². The molecular formula is C14H14O2. The van der Waals surface area contributed by atoms with Crippen molar-refractivity contribution in [3.8, 4) is 22.6 Å². The average molecular weight is 214 g/mol. The Hall–Kier alpha value is -1.96. The van der Waals surface area contributed by atoms with Gasteiger partial charge >= 0.3 is 0 Å². The third-order valence-corrected chi connectivity index (χ3v) is 2.66. The van der Waals surface area contributed by atoms with E-state index in [1.165, 1.54) is 0 Å². The van der Waals surface area contributed by atoms with Crippen molar-refractivity contribution in [3.05, 3.63) is 48.0 Å². The summed E-state index contributed by atoms with van der Waals surface area (Å²) in [7, 11) is 1.61. The van der Waals surface area contributed by atoms with E-state index in [0.29, 0.717) is 5.75 Å². The van der Waals surface area contributed by atoms with Crippen LogP contribution < -0.4 is 4.74 Å². The summed E-state index contributed by atoms with van der Waals surface area (Å²) in [5, 5.41) is 9.79. The summed E-state index contributed by atoms with van der Waals surface area (Å²) in [4.78, 5) is 0. The molecule has 0 aliphatic carbocycles. The summed E-state index contributed by atoms with van der Waals surface area (Å²) in [5.74, 6) is 0.969. The van der Waals surface area contributed by atoms with E-state index in [-0.39, 0.29) is 5.75 Å². The van der Waals surface area contributed by atoms with E-state index in [2.05, 4.69) is 0 Å². The number of methoxy groups -OCH3 is 1. The molecule has 2 aromatic carbocycles. The molecule has 0 unspecified atom stereocenters. The molecule has 2 nitrogen and oxygen atoms in total. The Morgan fingerprint density at radius 2 is 1.69 bits per heavy atom. The maximum absolute atomic E-state index is 9.79. The van der Waals surface area contributed by atoms with E-state index in [4.69, 9.17) is 4.74 Å². The summed E-state index contributed by atoms with van der Waals surface area (Å²) >= 11 is 0. The second kappa shape index (κ2) is 4.27. The number of phenols is 1. The minimum atomic E-state index is 0.262. The number of phenolic OH excluding ortho intramolecular Hbond substituents is 1. The van der Waals surface area contributed by atoms with Crippen LogP contribution >= 0.6 is 0 Å². The summed E-state index contributed by atoms with van der Waals surface area (Å²) in [5.41, 5.74) is 2.79. The lowest BCUT2D eigenvalue weighted by Crippen LogP contribution is -1.89. The molecule has 0 bridgehead atoms. The van der Waals surface area contributed by atoms with Gasteiger partial charge in [0.25, 0.3) is 0 Å². The second-order valence-electron chi connectivity index (χ2n) is 3.69. The summed E-state index contributed by atoms with van der Waals surface area (Å²) in [6.07, 6.45) is 0. The van der Waals surface area contributed by atoms with Crippen molar-refractivity contribution < 1.29 is 9.84 Å². The molecule has 82 valence electrons. The van der Waals surface area contributed by atoms with Gasteiger partial charge in [0, 0.05) is 5.56 Å². The van der Waals surface area contributed by atoms with Crippen molar-refractivity contribution in [1.82, 2.24) is 0 Å². The summed E-state index contributed by atoms with van der Waals surface area (Å²) in [6, 6.07) is 13.6. The Bertz CT molecular complexity index is 490. The van der Waals surface area contributed by atoms with Crippen molar-refractivity contribution in [2.45, 2.75) is 6.92 Å². The minimum Gasteiger partial charge on any atom is -0.508 e. The highest BCUT2D eigenvalue weighted by molar-refractivity contribution is 5.68. The van der Waals surface area contributed by atoms with Crippen LogP contribution in [0.3, 0.4) is 0 Å². The lowest BCUT2D eigenvalue weighted by Gasteiger charge is -2.10. The van der Waals surface area contributed by atoms with E-state index >= 15 is 0 Å². The van der Waals surface area contributed by atoms with Gasteiger partial charge in [0.1, 0.15) is 11.5 Å². The molecule has 1 N–H and O–H groups in total. The molecule has 2 aromatic rings. The molecule has 0 heterocycles. The van der Waals surface area contributed by atoms with E-state index in [0.717, 1.165) is 16.7 Å². The van der Waals surface area contributed by atoms with Crippen LogP contribution in [-0.2, 0) is 0 Å². The highest BCUT2D eigenvalue weighted by Gasteiger charge is 2.07. The monoisotopic (exact) mass is 214 g/mol. The van der Waals surface area contributed by atoms with Crippen LogP contribution in [0.15, 0.2) is 42.5 Å². The molecule has 0 spiro atoms. The first-order chi connectivity index (χ1) is 7.72. The van der Waals surface area contributed by atoms with Crippen LogP contribution in [0.1, 0.15) is 5.56 Å². The fourth-order valence-electron chi connectivity index (χ4n) is 1.68. The SMILES string of the molecule is COc1cc(-c2ccccc2)cc(O)c1C. The van der Waals surface area contributed by atoms with Crippen LogP contribution in [0.5, 0.6) is 11.5 Å². The maximum atomic E-state index is 9.79. The maximum Gasteiger partial charge on any atom is 0.126 e. The van der Waals surface area contributed by atoms with E-state index in [9.17, 15) is 5.11 Å². The molecular weight excluding hydrogens is 200 g/mol. The molecule has 0 amide bonds. The molecule has 0 aliphatic rings. The number of hydrogen-bond acceptors (Lipinski definition) is 2. The van der Waals surface area contributed by atoms with E-state index < -0.39 is 0 Å². The number of rotatable bonds is 2. The molecule has 0 atom stereocenters. The standard InChI is InChI=1S/C14H14O2/c1-10-13(15)8-12(9-14(10)16-2)11-6-4-3-5-7-11/h3-9,15H,1-2H3. The molecule has 0 radical (unpaired) electrons. The van der Waals surface area contributed by atoms with Crippen molar-refractivity contribution in [2.24, 2.45) is 0 Å². The number of hydrogen-bond donors (Lipinski definition) is 1.